The normalized spacial score (nSPS) is 13.6. The van der Waals surface area contributed by atoms with Crippen molar-refractivity contribution in [3.05, 3.63) is 65.8 Å². The molecule has 25 heavy (non-hydrogen) atoms. The van der Waals surface area contributed by atoms with Crippen LogP contribution in [0.1, 0.15) is 11.5 Å². The second kappa shape index (κ2) is 7.67. The standard InChI is InChI=1S/C18H18FN3O2S/c1-25(23)15-8-6-12(7-9-15)18-21-17(24-22-18)11-14(20)10-13-4-2-3-5-16(13)19/h2-9,14H,10-11,20H2,1H3. The van der Waals surface area contributed by atoms with E-state index in [2.05, 4.69) is 10.1 Å². The third-order valence-corrected chi connectivity index (χ3v) is 4.73. The zero-order valence-corrected chi connectivity index (χ0v) is 14.5. The van der Waals surface area contributed by atoms with Crippen LogP contribution in [0.15, 0.2) is 57.9 Å². The van der Waals surface area contributed by atoms with Crippen molar-refractivity contribution < 1.29 is 13.1 Å². The van der Waals surface area contributed by atoms with Gasteiger partial charge in [0.25, 0.3) is 0 Å². The Morgan fingerprint density at radius 1 is 1.16 bits per heavy atom. The third kappa shape index (κ3) is 4.37. The molecule has 0 aliphatic carbocycles. The fourth-order valence-corrected chi connectivity index (χ4v) is 3.01. The molecule has 0 aliphatic rings. The molecule has 5 nitrogen and oxygen atoms in total. The van der Waals surface area contributed by atoms with Gasteiger partial charge in [-0.25, -0.2) is 4.39 Å². The Morgan fingerprint density at radius 3 is 2.56 bits per heavy atom. The summed E-state index contributed by atoms with van der Waals surface area (Å²) in [5.41, 5.74) is 7.42. The average Bonchev–Trinajstić information content (AvgIpc) is 3.05. The van der Waals surface area contributed by atoms with Crippen LogP contribution in [0.4, 0.5) is 4.39 Å². The highest BCUT2D eigenvalue weighted by Gasteiger charge is 2.14. The lowest BCUT2D eigenvalue weighted by Crippen LogP contribution is -2.26. The van der Waals surface area contributed by atoms with E-state index in [1.54, 1.807) is 48.7 Å². The first-order valence-corrected chi connectivity index (χ1v) is 9.34. The lowest BCUT2D eigenvalue weighted by Gasteiger charge is -2.09. The zero-order chi connectivity index (χ0) is 17.8. The molecule has 3 rings (SSSR count). The maximum absolute atomic E-state index is 13.7. The minimum absolute atomic E-state index is 0.266. The zero-order valence-electron chi connectivity index (χ0n) is 13.7. The van der Waals surface area contributed by atoms with Crippen LogP contribution < -0.4 is 5.73 Å². The molecule has 2 unspecified atom stereocenters. The summed E-state index contributed by atoms with van der Waals surface area (Å²) in [6.07, 6.45) is 2.37. The Labute approximate surface area is 147 Å². The van der Waals surface area contributed by atoms with E-state index in [0.717, 1.165) is 10.5 Å². The van der Waals surface area contributed by atoms with E-state index in [0.29, 0.717) is 30.1 Å². The van der Waals surface area contributed by atoms with Gasteiger partial charge >= 0.3 is 0 Å². The predicted octanol–water partition coefficient (Wildman–Crippen LogP) is 2.73. The van der Waals surface area contributed by atoms with Crippen molar-refractivity contribution in [2.24, 2.45) is 5.73 Å². The van der Waals surface area contributed by atoms with Crippen LogP contribution in [0.2, 0.25) is 0 Å². The van der Waals surface area contributed by atoms with E-state index < -0.39 is 10.8 Å². The number of halogens is 1. The Morgan fingerprint density at radius 2 is 1.88 bits per heavy atom. The summed E-state index contributed by atoms with van der Waals surface area (Å²) in [4.78, 5) is 5.07. The highest BCUT2D eigenvalue weighted by Crippen LogP contribution is 2.18. The molecular formula is C18H18FN3O2S. The van der Waals surface area contributed by atoms with Gasteiger partial charge in [0.05, 0.1) is 0 Å². The van der Waals surface area contributed by atoms with Crippen LogP contribution in [0.3, 0.4) is 0 Å². The second-order valence-corrected chi connectivity index (χ2v) is 7.13. The molecule has 0 radical (unpaired) electrons. The molecule has 0 fully saturated rings. The van der Waals surface area contributed by atoms with Crippen molar-refractivity contribution in [3.63, 3.8) is 0 Å². The van der Waals surface area contributed by atoms with E-state index in [-0.39, 0.29) is 11.9 Å². The number of nitrogens with two attached hydrogens (primary N) is 1. The Balaban J connectivity index is 1.67. The first kappa shape index (κ1) is 17.4. The molecule has 0 spiro atoms. The van der Waals surface area contributed by atoms with Crippen molar-refractivity contribution in [2.45, 2.75) is 23.8 Å². The highest BCUT2D eigenvalue weighted by molar-refractivity contribution is 7.84. The smallest absolute Gasteiger partial charge is 0.228 e. The Kier molecular flexibility index (Phi) is 5.35. The van der Waals surface area contributed by atoms with Gasteiger partial charge in [0.15, 0.2) is 0 Å². The van der Waals surface area contributed by atoms with Crippen molar-refractivity contribution in [1.29, 1.82) is 0 Å². The van der Waals surface area contributed by atoms with Gasteiger partial charge in [0.2, 0.25) is 11.7 Å². The molecule has 1 heterocycles. The van der Waals surface area contributed by atoms with Gasteiger partial charge in [-0.2, -0.15) is 4.98 Å². The molecule has 130 valence electrons. The Hall–Kier alpha value is -2.38. The molecule has 0 aliphatic heterocycles. The summed E-state index contributed by atoms with van der Waals surface area (Å²) >= 11 is 0. The van der Waals surface area contributed by atoms with Gasteiger partial charge < -0.3 is 10.3 Å². The average molecular weight is 359 g/mol. The maximum Gasteiger partial charge on any atom is 0.228 e. The number of nitrogens with zero attached hydrogens (tertiary/aromatic N) is 2. The van der Waals surface area contributed by atoms with Crippen LogP contribution >= 0.6 is 0 Å². The lowest BCUT2D eigenvalue weighted by atomic mass is 10.0. The predicted molar refractivity (Wildman–Crippen MR) is 93.8 cm³/mol. The number of hydrogen-bond donors (Lipinski definition) is 1. The van der Waals surface area contributed by atoms with Crippen LogP contribution in [0, 0.1) is 5.82 Å². The molecule has 2 N–H and O–H groups in total. The molecule has 1 aromatic heterocycles. The molecule has 0 saturated heterocycles. The first-order valence-electron chi connectivity index (χ1n) is 7.78. The fourth-order valence-electron chi connectivity index (χ4n) is 2.49. The maximum atomic E-state index is 13.7. The monoisotopic (exact) mass is 359 g/mol. The largest absolute Gasteiger partial charge is 0.339 e. The third-order valence-electron chi connectivity index (χ3n) is 3.79. The Bertz CT molecular complexity index is 880. The van der Waals surface area contributed by atoms with Gasteiger partial charge in [-0.15, -0.1) is 0 Å². The molecule has 2 atom stereocenters. The number of aromatic nitrogens is 2. The van der Waals surface area contributed by atoms with Gasteiger partial charge in [-0.3, -0.25) is 4.21 Å². The quantitative estimate of drug-likeness (QED) is 0.732. The number of benzene rings is 2. The van der Waals surface area contributed by atoms with Gasteiger partial charge in [-0.05, 0) is 42.3 Å². The molecule has 7 heteroatoms. The first-order chi connectivity index (χ1) is 12.0. The lowest BCUT2D eigenvalue weighted by molar-refractivity contribution is 0.368. The molecule has 0 saturated carbocycles. The number of rotatable bonds is 6. The minimum Gasteiger partial charge on any atom is -0.339 e. The molecule has 2 aromatic carbocycles. The van der Waals surface area contributed by atoms with Gasteiger partial charge in [-0.1, -0.05) is 23.4 Å². The summed E-state index contributed by atoms with van der Waals surface area (Å²) in [6.45, 7) is 0. The summed E-state index contributed by atoms with van der Waals surface area (Å²) in [6, 6.07) is 13.4. The van der Waals surface area contributed by atoms with Crippen molar-refractivity contribution in [2.75, 3.05) is 6.26 Å². The second-order valence-electron chi connectivity index (χ2n) is 5.75. The fraction of sp³-hybridized carbons (Fsp3) is 0.222. The van der Waals surface area contributed by atoms with Crippen molar-refractivity contribution in [1.82, 2.24) is 10.1 Å². The van der Waals surface area contributed by atoms with E-state index in [1.807, 2.05) is 0 Å². The summed E-state index contributed by atoms with van der Waals surface area (Å²) in [5, 5.41) is 3.95. The van der Waals surface area contributed by atoms with Crippen molar-refractivity contribution in [3.8, 4) is 11.4 Å². The molecular weight excluding hydrogens is 341 g/mol. The number of hydrogen-bond acceptors (Lipinski definition) is 5. The van der Waals surface area contributed by atoms with Gasteiger partial charge in [0.1, 0.15) is 5.82 Å². The minimum atomic E-state index is -1.03. The van der Waals surface area contributed by atoms with Crippen LogP contribution in [0.25, 0.3) is 11.4 Å². The molecule has 0 amide bonds. The highest BCUT2D eigenvalue weighted by atomic mass is 32.2. The van der Waals surface area contributed by atoms with Crippen LogP contribution in [0.5, 0.6) is 0 Å². The molecule has 0 bridgehead atoms. The van der Waals surface area contributed by atoms with Crippen molar-refractivity contribution >= 4 is 10.8 Å². The van der Waals surface area contributed by atoms with E-state index in [4.69, 9.17) is 10.3 Å². The van der Waals surface area contributed by atoms with Gasteiger partial charge in [0, 0.05) is 40.0 Å². The SMILES string of the molecule is CS(=O)c1ccc(-c2noc(CC(N)Cc3ccccc3F)n2)cc1. The van der Waals surface area contributed by atoms with Crippen LogP contribution in [-0.2, 0) is 23.6 Å². The van der Waals surface area contributed by atoms with E-state index in [1.165, 1.54) is 6.07 Å². The van der Waals surface area contributed by atoms with E-state index >= 15 is 0 Å². The summed E-state index contributed by atoms with van der Waals surface area (Å²) in [5.74, 6) is 0.584. The summed E-state index contributed by atoms with van der Waals surface area (Å²) < 4.78 is 30.3. The topological polar surface area (TPSA) is 82.0 Å². The van der Waals surface area contributed by atoms with E-state index in [9.17, 15) is 8.60 Å². The van der Waals surface area contributed by atoms with Crippen LogP contribution in [-0.4, -0.2) is 26.6 Å². The summed E-state index contributed by atoms with van der Waals surface area (Å²) in [7, 11) is -1.03. The molecule has 3 aromatic rings.